The van der Waals surface area contributed by atoms with Crippen molar-refractivity contribution in [3.8, 4) is 5.75 Å². The van der Waals surface area contributed by atoms with Gasteiger partial charge >= 0.3 is 7.82 Å². The van der Waals surface area contributed by atoms with Crippen molar-refractivity contribution in [2.75, 3.05) is 53.4 Å². The predicted molar refractivity (Wildman–Crippen MR) is 156 cm³/mol. The van der Waals surface area contributed by atoms with Crippen LogP contribution in [-0.4, -0.2) is 85.6 Å². The smallest absolute Gasteiger partial charge is 0.466 e. The number of likely N-dealkylation sites (N-methyl/N-ethyl adjacent to an activating group) is 1. The molecule has 4 rings (SSSR count). The van der Waals surface area contributed by atoms with Crippen LogP contribution in [0.3, 0.4) is 0 Å². The number of para-hydroxylation sites is 1. The largest absolute Gasteiger partial charge is 0.744 e. The summed E-state index contributed by atoms with van der Waals surface area (Å²) in [7, 11) is -4.48. The normalized spacial score (nSPS) is 13.4. The molecule has 5 N–H and O–H groups in total. The Hall–Kier alpha value is -1.87. The highest BCUT2D eigenvalue weighted by Gasteiger charge is 2.16. The van der Waals surface area contributed by atoms with Gasteiger partial charge in [0.25, 0.3) is 0 Å². The van der Waals surface area contributed by atoms with Crippen LogP contribution in [0, 0.1) is 0 Å². The van der Waals surface area contributed by atoms with Gasteiger partial charge in [0, 0.05) is 31.2 Å². The molecule has 0 amide bonds. The number of nitrogens with one attached hydrogen (secondary N) is 2. The summed E-state index contributed by atoms with van der Waals surface area (Å²) in [5.74, 6) is 0.952. The number of ether oxygens (including phenoxy) is 1. The molecule has 1 aromatic heterocycles. The first-order valence-corrected chi connectivity index (χ1v) is 16.3. The van der Waals surface area contributed by atoms with E-state index in [1.165, 1.54) is 29.1 Å². The van der Waals surface area contributed by atoms with E-state index in [1.807, 2.05) is 41.7 Å². The quantitative estimate of drug-likeness (QED) is 0.148. The zero-order valence-corrected chi connectivity index (χ0v) is 25.6. The summed E-state index contributed by atoms with van der Waals surface area (Å²) in [5, 5.41) is 8.98. The summed E-state index contributed by atoms with van der Waals surface area (Å²) in [4.78, 5) is 22.7. The molecule has 0 atom stereocenters. The molecule has 3 aromatic rings. The lowest BCUT2D eigenvalue weighted by Crippen LogP contribution is -2.41. The number of rotatable bonds is 7. The van der Waals surface area contributed by atoms with Crippen molar-refractivity contribution in [2.45, 2.75) is 11.4 Å². The van der Waals surface area contributed by atoms with Gasteiger partial charge in [0.05, 0.1) is 23.9 Å². The number of hydrogen-bond acceptors (Lipinski definition) is 8. The van der Waals surface area contributed by atoms with Crippen LogP contribution in [0.25, 0.3) is 0 Å². The van der Waals surface area contributed by atoms with E-state index in [4.69, 9.17) is 35.6 Å². The first-order valence-electron chi connectivity index (χ1n) is 12.1. The van der Waals surface area contributed by atoms with Crippen LogP contribution in [0.1, 0.15) is 4.88 Å². The zero-order valence-electron chi connectivity index (χ0n) is 22.3. The van der Waals surface area contributed by atoms with E-state index in [9.17, 15) is 13.0 Å². The van der Waals surface area contributed by atoms with E-state index in [2.05, 4.69) is 42.2 Å². The Bertz CT molecular complexity index is 1200. The van der Waals surface area contributed by atoms with E-state index in [0.29, 0.717) is 5.02 Å². The summed E-state index contributed by atoms with van der Waals surface area (Å²) in [5.41, 5.74) is 0. The van der Waals surface area contributed by atoms with Gasteiger partial charge in [0.15, 0.2) is 0 Å². The Morgan fingerprint density at radius 3 is 1.90 bits per heavy atom. The van der Waals surface area contributed by atoms with Gasteiger partial charge in [-0.1, -0.05) is 35.9 Å². The van der Waals surface area contributed by atoms with Crippen LogP contribution in [0.4, 0.5) is 0 Å². The molecule has 1 aliphatic heterocycles. The molecular formula is C25H37ClN3O8PS2. The van der Waals surface area contributed by atoms with Crippen LogP contribution in [0.2, 0.25) is 5.02 Å². The predicted octanol–water partition coefficient (Wildman–Crippen LogP) is 2.90. The molecule has 0 aliphatic carbocycles. The molecule has 1 saturated heterocycles. The third-order valence-electron chi connectivity index (χ3n) is 4.93. The minimum atomic E-state index is -4.64. The highest BCUT2D eigenvalue weighted by Crippen LogP contribution is 2.25. The molecule has 1 fully saturated rings. The fourth-order valence-electron chi connectivity index (χ4n) is 3.04. The second-order valence-corrected chi connectivity index (χ2v) is 12.9. The van der Waals surface area contributed by atoms with E-state index >= 15 is 0 Å². The molecule has 0 unspecified atom stereocenters. The fraction of sp³-hybridized carbons (Fsp3) is 0.360. The standard InChI is InChI=1S/C15H20NOS.C6H5ClO3S.C4H10N2.H3O4P/c1-16(2,13-15-9-6-12-18-15)10-11-17-14-7-4-3-5-8-14;7-5-1-3-6(4-2-5)11(8,9)10;1-2-6-4-3-5-1;1-5(2,3)4/h3-9,12H,10-11,13H2,1-2H3;1-4H,(H,8,9,10);5-6H,1-4H2;(H3,1,2,3,4)/q+1;;;/p-1. The average Bonchev–Trinajstić information content (AvgIpc) is 3.37. The molecule has 224 valence electrons. The third-order valence-corrected chi connectivity index (χ3v) is 6.89. The number of nitrogens with zero attached hydrogens (tertiary/aromatic N) is 1. The Kier molecular flexibility index (Phi) is 16.8. The highest BCUT2D eigenvalue weighted by molar-refractivity contribution is 7.85. The molecule has 0 radical (unpaired) electrons. The topological polar surface area (TPSA) is 168 Å². The van der Waals surface area contributed by atoms with E-state index in [1.54, 1.807) is 0 Å². The van der Waals surface area contributed by atoms with Gasteiger partial charge in [-0.2, -0.15) is 0 Å². The molecular weight excluding hydrogens is 601 g/mol. The maximum atomic E-state index is 10.3. The van der Waals surface area contributed by atoms with Crippen molar-refractivity contribution in [3.05, 3.63) is 82.0 Å². The number of quaternary nitrogens is 1. The first kappa shape index (κ1) is 36.2. The first-order chi connectivity index (χ1) is 18.7. The van der Waals surface area contributed by atoms with Gasteiger partial charge in [0.2, 0.25) is 0 Å². The average molecular weight is 638 g/mol. The van der Waals surface area contributed by atoms with Gasteiger partial charge in [-0.3, -0.25) is 0 Å². The molecule has 0 bridgehead atoms. The van der Waals surface area contributed by atoms with Crippen molar-refractivity contribution < 1.29 is 41.4 Å². The van der Waals surface area contributed by atoms with Gasteiger partial charge in [0.1, 0.15) is 35.6 Å². The molecule has 2 aromatic carbocycles. The number of halogens is 1. The van der Waals surface area contributed by atoms with Gasteiger partial charge in [-0.25, -0.2) is 13.0 Å². The van der Waals surface area contributed by atoms with Crippen LogP contribution in [-0.2, 0) is 21.2 Å². The fourth-order valence-corrected chi connectivity index (χ4v) is 4.54. The lowest BCUT2D eigenvalue weighted by molar-refractivity contribution is -0.903. The van der Waals surface area contributed by atoms with Crippen LogP contribution >= 0.6 is 30.8 Å². The zero-order chi connectivity index (χ0) is 30.1. The maximum Gasteiger partial charge on any atom is 0.466 e. The summed E-state index contributed by atoms with van der Waals surface area (Å²) >= 11 is 7.29. The number of thiophene rings is 1. The Morgan fingerprint density at radius 1 is 0.950 bits per heavy atom. The van der Waals surface area contributed by atoms with Crippen molar-refractivity contribution in [1.82, 2.24) is 10.6 Å². The molecule has 15 heteroatoms. The van der Waals surface area contributed by atoms with Crippen molar-refractivity contribution >= 4 is 40.9 Å². The molecule has 40 heavy (non-hydrogen) atoms. The minimum Gasteiger partial charge on any atom is -0.744 e. The number of phosphoric acid groups is 1. The van der Waals surface area contributed by atoms with E-state index in [0.717, 1.165) is 56.1 Å². The molecule has 0 saturated carbocycles. The monoisotopic (exact) mass is 637 g/mol. The molecule has 2 heterocycles. The summed E-state index contributed by atoms with van der Waals surface area (Å²) in [6.07, 6.45) is 0. The summed E-state index contributed by atoms with van der Waals surface area (Å²) in [6.45, 7) is 7.38. The summed E-state index contributed by atoms with van der Waals surface area (Å²) < 4.78 is 46.6. The van der Waals surface area contributed by atoms with Crippen LogP contribution in [0.15, 0.2) is 77.0 Å². The van der Waals surface area contributed by atoms with Crippen LogP contribution < -0.4 is 15.4 Å². The van der Waals surface area contributed by atoms with Crippen LogP contribution in [0.5, 0.6) is 5.75 Å². The second kappa shape index (κ2) is 18.5. The second-order valence-electron chi connectivity index (χ2n) is 8.98. The highest BCUT2D eigenvalue weighted by atomic mass is 35.5. The lowest BCUT2D eigenvalue weighted by Gasteiger charge is -2.29. The van der Waals surface area contributed by atoms with Gasteiger partial charge < -0.3 is 39.1 Å². The van der Waals surface area contributed by atoms with Crippen molar-refractivity contribution in [2.24, 2.45) is 0 Å². The van der Waals surface area contributed by atoms with E-state index < -0.39 is 17.9 Å². The third kappa shape index (κ3) is 20.1. The molecule has 1 aliphatic rings. The van der Waals surface area contributed by atoms with Gasteiger partial charge in [-0.15, -0.1) is 11.3 Å². The Balaban J connectivity index is 0.000000307. The maximum absolute atomic E-state index is 10.3. The molecule has 0 spiro atoms. The molecule has 11 nitrogen and oxygen atoms in total. The summed E-state index contributed by atoms with van der Waals surface area (Å²) in [6, 6.07) is 19.4. The number of benzene rings is 2. The minimum absolute atomic E-state index is 0.262. The van der Waals surface area contributed by atoms with E-state index in [-0.39, 0.29) is 4.90 Å². The van der Waals surface area contributed by atoms with Gasteiger partial charge in [-0.05, 0) is 47.8 Å². The number of hydrogen-bond donors (Lipinski definition) is 5. The van der Waals surface area contributed by atoms with Crippen molar-refractivity contribution in [3.63, 3.8) is 0 Å². The SMILES string of the molecule is C1CNCCN1.C[N+](C)(CCOc1ccccc1)Cc1cccs1.O=P(O)(O)O.O=S(=O)([O-])c1ccc(Cl)cc1. The Morgan fingerprint density at radius 2 is 1.48 bits per heavy atom. The number of piperazine rings is 1. The van der Waals surface area contributed by atoms with Crippen molar-refractivity contribution in [1.29, 1.82) is 0 Å². The Labute approximate surface area is 245 Å². The lowest BCUT2D eigenvalue weighted by atomic mass is 10.3.